The van der Waals surface area contributed by atoms with Gasteiger partial charge in [0.1, 0.15) is 17.7 Å². The lowest BCUT2D eigenvalue weighted by Gasteiger charge is -2.34. The van der Waals surface area contributed by atoms with Crippen LogP contribution in [0, 0.1) is 17.7 Å². The zero-order valence-corrected chi connectivity index (χ0v) is 11.7. The SMILES string of the molecule is Fc1ccc(OC(C2CCOCC2)[C@@H]2CCNC2)cc1. The summed E-state index contributed by atoms with van der Waals surface area (Å²) in [5, 5.41) is 3.42. The number of hydrogen-bond donors (Lipinski definition) is 1. The van der Waals surface area contributed by atoms with E-state index in [4.69, 9.17) is 9.47 Å². The zero-order chi connectivity index (χ0) is 13.8. The topological polar surface area (TPSA) is 30.5 Å². The lowest BCUT2D eigenvalue weighted by atomic mass is 9.85. The van der Waals surface area contributed by atoms with Gasteiger partial charge in [-0.05, 0) is 50.1 Å². The molecule has 1 aromatic carbocycles. The van der Waals surface area contributed by atoms with Gasteiger partial charge in [-0.3, -0.25) is 0 Å². The Labute approximate surface area is 119 Å². The molecule has 110 valence electrons. The van der Waals surface area contributed by atoms with Gasteiger partial charge in [0.25, 0.3) is 0 Å². The van der Waals surface area contributed by atoms with E-state index < -0.39 is 0 Å². The molecule has 1 unspecified atom stereocenters. The van der Waals surface area contributed by atoms with Crippen LogP contribution in [-0.4, -0.2) is 32.4 Å². The third-order valence-electron chi connectivity index (χ3n) is 4.38. The van der Waals surface area contributed by atoms with Crippen LogP contribution in [-0.2, 0) is 4.74 Å². The first-order valence-corrected chi connectivity index (χ1v) is 7.53. The first-order chi connectivity index (χ1) is 9.83. The lowest BCUT2D eigenvalue weighted by Crippen LogP contribution is -2.38. The molecule has 0 amide bonds. The summed E-state index contributed by atoms with van der Waals surface area (Å²) in [6.07, 6.45) is 3.48. The Kier molecular flexibility index (Phi) is 4.53. The number of nitrogens with one attached hydrogen (secondary N) is 1. The average Bonchev–Trinajstić information content (AvgIpc) is 3.01. The number of rotatable bonds is 4. The van der Waals surface area contributed by atoms with Crippen molar-refractivity contribution in [2.45, 2.75) is 25.4 Å². The Balaban J connectivity index is 1.71. The highest BCUT2D eigenvalue weighted by molar-refractivity contribution is 5.22. The molecule has 0 aromatic heterocycles. The first kappa shape index (κ1) is 13.8. The van der Waals surface area contributed by atoms with Crippen molar-refractivity contribution in [1.29, 1.82) is 0 Å². The largest absolute Gasteiger partial charge is 0.490 e. The minimum absolute atomic E-state index is 0.208. The summed E-state index contributed by atoms with van der Waals surface area (Å²) in [5.74, 6) is 1.64. The number of halogens is 1. The maximum absolute atomic E-state index is 13.0. The van der Waals surface area contributed by atoms with Gasteiger partial charge < -0.3 is 14.8 Å². The summed E-state index contributed by atoms with van der Waals surface area (Å²) in [6.45, 7) is 3.74. The van der Waals surface area contributed by atoms with Crippen LogP contribution >= 0.6 is 0 Å². The molecule has 2 saturated heterocycles. The van der Waals surface area contributed by atoms with E-state index >= 15 is 0 Å². The predicted octanol–water partition coefficient (Wildman–Crippen LogP) is 2.61. The molecule has 4 heteroatoms. The molecule has 0 aliphatic carbocycles. The molecule has 2 aliphatic rings. The average molecular weight is 279 g/mol. The smallest absolute Gasteiger partial charge is 0.123 e. The molecule has 20 heavy (non-hydrogen) atoms. The van der Waals surface area contributed by atoms with Crippen LogP contribution in [0.25, 0.3) is 0 Å². The summed E-state index contributed by atoms with van der Waals surface area (Å²) in [7, 11) is 0. The van der Waals surface area contributed by atoms with Crippen molar-refractivity contribution in [2.24, 2.45) is 11.8 Å². The Bertz CT molecular complexity index is 411. The van der Waals surface area contributed by atoms with Crippen molar-refractivity contribution >= 4 is 0 Å². The molecule has 0 saturated carbocycles. The molecule has 2 atom stereocenters. The van der Waals surface area contributed by atoms with Gasteiger partial charge in [0.15, 0.2) is 0 Å². The molecular weight excluding hydrogens is 257 g/mol. The fourth-order valence-corrected chi connectivity index (χ4v) is 3.25. The van der Waals surface area contributed by atoms with Gasteiger partial charge in [0.2, 0.25) is 0 Å². The van der Waals surface area contributed by atoms with E-state index in [1.165, 1.54) is 12.1 Å². The molecule has 2 heterocycles. The highest BCUT2D eigenvalue weighted by atomic mass is 19.1. The summed E-state index contributed by atoms with van der Waals surface area (Å²) < 4.78 is 24.7. The van der Waals surface area contributed by atoms with Gasteiger partial charge in [0, 0.05) is 31.6 Å². The summed E-state index contributed by atoms with van der Waals surface area (Å²) in [6, 6.07) is 6.38. The molecule has 2 aliphatic heterocycles. The Morgan fingerprint density at radius 3 is 2.50 bits per heavy atom. The standard InChI is InChI=1S/C16H22FNO2/c17-14-1-3-15(4-2-14)20-16(13-5-8-18-11-13)12-6-9-19-10-7-12/h1-4,12-13,16,18H,5-11H2/t13-,16?/m1/s1. The van der Waals surface area contributed by atoms with Crippen LogP contribution in [0.15, 0.2) is 24.3 Å². The maximum atomic E-state index is 13.0. The maximum Gasteiger partial charge on any atom is 0.123 e. The molecule has 3 nitrogen and oxygen atoms in total. The third-order valence-corrected chi connectivity index (χ3v) is 4.38. The molecule has 0 bridgehead atoms. The van der Waals surface area contributed by atoms with Crippen LogP contribution in [0.2, 0.25) is 0 Å². The van der Waals surface area contributed by atoms with Gasteiger partial charge in [-0.1, -0.05) is 0 Å². The molecule has 0 spiro atoms. The Morgan fingerprint density at radius 1 is 1.10 bits per heavy atom. The minimum Gasteiger partial charge on any atom is -0.490 e. The minimum atomic E-state index is -0.220. The fraction of sp³-hybridized carbons (Fsp3) is 0.625. The molecule has 0 radical (unpaired) electrons. The van der Waals surface area contributed by atoms with Crippen molar-refractivity contribution in [3.05, 3.63) is 30.1 Å². The monoisotopic (exact) mass is 279 g/mol. The Hall–Kier alpha value is -1.13. The van der Waals surface area contributed by atoms with Crippen LogP contribution < -0.4 is 10.1 Å². The second-order valence-electron chi connectivity index (χ2n) is 5.74. The molecule has 2 fully saturated rings. The van der Waals surface area contributed by atoms with Crippen molar-refractivity contribution in [3.63, 3.8) is 0 Å². The van der Waals surface area contributed by atoms with Crippen LogP contribution in [0.4, 0.5) is 4.39 Å². The van der Waals surface area contributed by atoms with Crippen LogP contribution in [0.1, 0.15) is 19.3 Å². The lowest BCUT2D eigenvalue weighted by molar-refractivity contribution is -0.00136. The molecular formula is C16H22FNO2. The highest BCUT2D eigenvalue weighted by Crippen LogP contribution is 2.30. The second kappa shape index (κ2) is 6.55. The summed E-state index contributed by atoms with van der Waals surface area (Å²) >= 11 is 0. The number of hydrogen-bond acceptors (Lipinski definition) is 3. The van der Waals surface area contributed by atoms with E-state index in [0.29, 0.717) is 11.8 Å². The van der Waals surface area contributed by atoms with E-state index in [1.54, 1.807) is 12.1 Å². The molecule has 1 aromatic rings. The normalized spacial score (nSPS) is 25.6. The quantitative estimate of drug-likeness (QED) is 0.919. The van der Waals surface area contributed by atoms with Crippen LogP contribution in [0.3, 0.4) is 0 Å². The van der Waals surface area contributed by atoms with Crippen molar-refractivity contribution < 1.29 is 13.9 Å². The van der Waals surface area contributed by atoms with Crippen LogP contribution in [0.5, 0.6) is 5.75 Å². The van der Waals surface area contributed by atoms with Gasteiger partial charge in [-0.25, -0.2) is 4.39 Å². The molecule has 3 rings (SSSR count). The van der Waals surface area contributed by atoms with Gasteiger partial charge in [-0.2, -0.15) is 0 Å². The van der Waals surface area contributed by atoms with E-state index in [-0.39, 0.29) is 11.9 Å². The second-order valence-corrected chi connectivity index (χ2v) is 5.74. The van der Waals surface area contributed by atoms with E-state index in [2.05, 4.69) is 5.32 Å². The summed E-state index contributed by atoms with van der Waals surface area (Å²) in [4.78, 5) is 0. The number of ether oxygens (including phenoxy) is 2. The third kappa shape index (κ3) is 3.30. The fourth-order valence-electron chi connectivity index (χ4n) is 3.25. The van der Waals surface area contributed by atoms with Crippen molar-refractivity contribution in [3.8, 4) is 5.75 Å². The van der Waals surface area contributed by atoms with Gasteiger partial charge in [0.05, 0.1) is 0 Å². The molecule has 1 N–H and O–H groups in total. The summed E-state index contributed by atoms with van der Waals surface area (Å²) in [5.41, 5.74) is 0. The van der Waals surface area contributed by atoms with E-state index in [1.807, 2.05) is 0 Å². The van der Waals surface area contributed by atoms with Crippen molar-refractivity contribution in [2.75, 3.05) is 26.3 Å². The first-order valence-electron chi connectivity index (χ1n) is 7.53. The number of benzene rings is 1. The van der Waals surface area contributed by atoms with Crippen molar-refractivity contribution in [1.82, 2.24) is 5.32 Å². The zero-order valence-electron chi connectivity index (χ0n) is 11.7. The van der Waals surface area contributed by atoms with E-state index in [9.17, 15) is 4.39 Å². The van der Waals surface area contributed by atoms with Gasteiger partial charge >= 0.3 is 0 Å². The van der Waals surface area contributed by atoms with Gasteiger partial charge in [-0.15, -0.1) is 0 Å². The predicted molar refractivity (Wildman–Crippen MR) is 75.3 cm³/mol. The Morgan fingerprint density at radius 2 is 1.85 bits per heavy atom. The highest BCUT2D eigenvalue weighted by Gasteiger charge is 2.34. The van der Waals surface area contributed by atoms with E-state index in [0.717, 1.165) is 51.3 Å².